The Morgan fingerprint density at radius 3 is 2.64 bits per heavy atom. The molecular formula is C7H14ClN3O2S. The molecule has 14 heavy (non-hydrogen) atoms. The van der Waals surface area contributed by atoms with E-state index in [4.69, 9.17) is 10.9 Å². The van der Waals surface area contributed by atoms with Crippen LogP contribution in [0.4, 0.5) is 0 Å². The number of sulfonamides is 1. The van der Waals surface area contributed by atoms with E-state index in [1.807, 2.05) is 0 Å². The molecule has 0 saturated heterocycles. The summed E-state index contributed by atoms with van der Waals surface area (Å²) in [5, 5.41) is 4.98. The van der Waals surface area contributed by atoms with Crippen molar-refractivity contribution in [3.8, 4) is 0 Å². The van der Waals surface area contributed by atoms with Gasteiger partial charge in [-0.3, -0.25) is 0 Å². The molecule has 5 nitrogen and oxygen atoms in total. The van der Waals surface area contributed by atoms with Crippen LogP contribution in [0.25, 0.3) is 0 Å². The van der Waals surface area contributed by atoms with E-state index in [9.17, 15) is 8.42 Å². The molecular weight excluding hydrogens is 226 g/mol. The van der Waals surface area contributed by atoms with Gasteiger partial charge in [-0.25, -0.2) is 13.6 Å². The molecule has 1 heterocycles. The van der Waals surface area contributed by atoms with Crippen LogP contribution in [0.5, 0.6) is 0 Å². The predicted molar refractivity (Wildman–Crippen MR) is 58.2 cm³/mol. The first kappa shape index (κ1) is 13.4. The van der Waals surface area contributed by atoms with E-state index < -0.39 is 10.0 Å². The molecule has 4 N–H and O–H groups in total. The second kappa shape index (κ2) is 5.35. The quantitative estimate of drug-likeness (QED) is 0.686. The molecule has 0 bridgehead atoms. The number of hydrogen-bond donors (Lipinski definition) is 2. The van der Waals surface area contributed by atoms with Crippen LogP contribution in [-0.2, 0) is 10.0 Å². The van der Waals surface area contributed by atoms with Crippen LogP contribution in [0.3, 0.4) is 0 Å². The van der Waals surface area contributed by atoms with Gasteiger partial charge in [0.2, 0.25) is 10.0 Å². The number of nitrogens with zero attached hydrogens (tertiary/aromatic N) is 1. The van der Waals surface area contributed by atoms with E-state index in [2.05, 4.69) is 0 Å². The van der Waals surface area contributed by atoms with Crippen molar-refractivity contribution in [3.63, 3.8) is 0 Å². The minimum Gasteiger partial charge on any atom is -0.371 e. The molecule has 0 radical (unpaired) electrons. The van der Waals surface area contributed by atoms with Gasteiger partial charge in [-0.05, 0) is 18.4 Å². The first-order chi connectivity index (χ1) is 6.04. The molecule has 0 spiro atoms. The third-order valence-electron chi connectivity index (χ3n) is 1.72. The average Bonchev–Trinajstić information content (AvgIpc) is 2.04. The number of primary sulfonamides is 1. The fourth-order valence-corrected chi connectivity index (χ4v) is 1.70. The molecule has 0 aromatic rings. The van der Waals surface area contributed by atoms with Crippen LogP contribution in [0.15, 0.2) is 23.3 Å². The fraction of sp³-hybridized carbons (Fsp3) is 0.429. The Balaban J connectivity index is 0.00000169. The Labute approximate surface area is 89.9 Å². The summed E-state index contributed by atoms with van der Waals surface area (Å²) in [6.45, 7) is 1.43. The Morgan fingerprint density at radius 2 is 2.14 bits per heavy atom. The molecule has 0 aliphatic carbocycles. The van der Waals surface area contributed by atoms with Gasteiger partial charge in [0.15, 0.2) is 0 Å². The summed E-state index contributed by atoms with van der Waals surface area (Å²) in [6, 6.07) is 0. The molecule has 0 amide bonds. The Kier molecular flexibility index (Phi) is 5.14. The highest BCUT2D eigenvalue weighted by Gasteiger charge is 2.15. The van der Waals surface area contributed by atoms with Gasteiger partial charge in [-0.15, -0.1) is 12.4 Å². The van der Waals surface area contributed by atoms with Crippen LogP contribution in [0, 0.1) is 0 Å². The van der Waals surface area contributed by atoms with Crippen molar-refractivity contribution in [1.29, 1.82) is 0 Å². The fourth-order valence-electron chi connectivity index (χ4n) is 1.08. The van der Waals surface area contributed by atoms with Gasteiger partial charge in [-0.1, -0.05) is 0 Å². The van der Waals surface area contributed by atoms with E-state index in [1.165, 1.54) is 6.08 Å². The maximum absolute atomic E-state index is 11.0. The molecule has 0 aromatic carbocycles. The lowest BCUT2D eigenvalue weighted by molar-refractivity contribution is 0.417. The number of rotatable bonds is 3. The van der Waals surface area contributed by atoms with Crippen LogP contribution in [-0.4, -0.2) is 33.0 Å². The molecule has 0 unspecified atom stereocenters. The van der Waals surface area contributed by atoms with E-state index in [0.29, 0.717) is 19.6 Å². The molecule has 1 aliphatic heterocycles. The van der Waals surface area contributed by atoms with Crippen molar-refractivity contribution in [2.45, 2.75) is 0 Å². The lowest BCUT2D eigenvalue weighted by Gasteiger charge is -2.22. The minimum absolute atomic E-state index is 0. The van der Waals surface area contributed by atoms with Crippen molar-refractivity contribution < 1.29 is 8.42 Å². The largest absolute Gasteiger partial charge is 0.371 e. The highest BCUT2D eigenvalue weighted by atomic mass is 35.5. The molecule has 82 valence electrons. The number of hydrogen-bond acceptors (Lipinski definition) is 4. The van der Waals surface area contributed by atoms with Crippen LogP contribution >= 0.6 is 12.4 Å². The zero-order valence-corrected chi connectivity index (χ0v) is 9.22. The second-order valence-electron chi connectivity index (χ2n) is 2.78. The summed E-state index contributed by atoms with van der Waals surface area (Å²) in [5.74, 6) is 0. The van der Waals surface area contributed by atoms with E-state index in [1.54, 1.807) is 17.2 Å². The summed E-state index contributed by atoms with van der Waals surface area (Å²) in [6.07, 6.45) is 4.95. The first-order valence-electron chi connectivity index (χ1n) is 3.88. The van der Waals surface area contributed by atoms with E-state index >= 15 is 0 Å². The van der Waals surface area contributed by atoms with Crippen molar-refractivity contribution in [3.05, 3.63) is 23.3 Å². The molecule has 0 fully saturated rings. The van der Waals surface area contributed by atoms with Crippen LogP contribution < -0.4 is 10.9 Å². The second-order valence-corrected chi connectivity index (χ2v) is 4.39. The zero-order valence-electron chi connectivity index (χ0n) is 7.59. The lowest BCUT2D eigenvalue weighted by Crippen LogP contribution is -2.31. The number of allylic oxidation sites excluding steroid dienone is 2. The van der Waals surface area contributed by atoms with Gasteiger partial charge in [0, 0.05) is 13.1 Å². The predicted octanol–water partition coefficient (Wildman–Crippen LogP) is -0.631. The number of nitrogens with two attached hydrogens (primary N) is 2. The average molecular weight is 240 g/mol. The normalized spacial score (nSPS) is 16.1. The third kappa shape index (κ3) is 3.67. The molecule has 0 saturated carbocycles. The van der Waals surface area contributed by atoms with Crippen molar-refractivity contribution in [2.24, 2.45) is 10.9 Å². The smallest absolute Gasteiger partial charge is 0.235 e. The summed E-state index contributed by atoms with van der Waals surface area (Å²) < 4.78 is 21.9. The maximum Gasteiger partial charge on any atom is 0.235 e. The van der Waals surface area contributed by atoms with Crippen LogP contribution in [0.1, 0.15) is 0 Å². The van der Waals surface area contributed by atoms with Crippen molar-refractivity contribution in [1.82, 2.24) is 4.90 Å². The van der Waals surface area contributed by atoms with E-state index in [0.717, 1.165) is 0 Å². The molecule has 0 aromatic heterocycles. The van der Waals surface area contributed by atoms with Gasteiger partial charge in [-0.2, -0.15) is 0 Å². The van der Waals surface area contributed by atoms with Gasteiger partial charge < -0.3 is 10.6 Å². The summed E-state index contributed by atoms with van der Waals surface area (Å²) in [5.41, 5.74) is 5.34. The molecule has 1 rings (SSSR count). The Bertz CT molecular complexity index is 337. The summed E-state index contributed by atoms with van der Waals surface area (Å²) >= 11 is 0. The Morgan fingerprint density at radius 1 is 1.50 bits per heavy atom. The van der Waals surface area contributed by atoms with Gasteiger partial charge >= 0.3 is 0 Å². The minimum atomic E-state index is -3.55. The molecule has 0 atom stereocenters. The Hall–Kier alpha value is -0.560. The van der Waals surface area contributed by atoms with Crippen molar-refractivity contribution in [2.75, 3.05) is 19.6 Å². The topological polar surface area (TPSA) is 89.4 Å². The standard InChI is InChI=1S/C7H13N3O2S.ClH/c8-3-5-10-4-1-2-7(6-10)13(9,11)12;/h1-2,4H,3,5-6,8H2,(H2,9,11,12);1H. The SMILES string of the molecule is Cl.NCCN1C=CC=C(S(N)(=O)=O)C1. The third-order valence-corrected chi connectivity index (χ3v) is 2.72. The highest BCUT2D eigenvalue weighted by molar-refractivity contribution is 7.93. The van der Waals surface area contributed by atoms with Gasteiger partial charge in [0.25, 0.3) is 0 Å². The van der Waals surface area contributed by atoms with Gasteiger partial charge in [0.1, 0.15) is 0 Å². The number of halogens is 1. The summed E-state index contributed by atoms with van der Waals surface area (Å²) in [7, 11) is -3.55. The van der Waals surface area contributed by atoms with Crippen molar-refractivity contribution >= 4 is 22.4 Å². The molecule has 1 aliphatic rings. The zero-order chi connectivity index (χ0) is 9.90. The first-order valence-corrected chi connectivity index (χ1v) is 5.43. The maximum atomic E-state index is 11.0. The summed E-state index contributed by atoms with van der Waals surface area (Å²) in [4.78, 5) is 2.03. The van der Waals surface area contributed by atoms with Gasteiger partial charge in [0.05, 0.1) is 11.4 Å². The monoisotopic (exact) mass is 239 g/mol. The van der Waals surface area contributed by atoms with Crippen LogP contribution in [0.2, 0.25) is 0 Å². The van der Waals surface area contributed by atoms with E-state index in [-0.39, 0.29) is 17.3 Å². The molecule has 7 heteroatoms. The lowest BCUT2D eigenvalue weighted by atomic mass is 10.3. The highest BCUT2D eigenvalue weighted by Crippen LogP contribution is 2.10.